The summed E-state index contributed by atoms with van der Waals surface area (Å²) < 4.78 is 3.83. The van der Waals surface area contributed by atoms with E-state index in [0.29, 0.717) is 0 Å². The summed E-state index contributed by atoms with van der Waals surface area (Å²) in [6.45, 7) is 0. The second kappa shape index (κ2) is 14.7. The van der Waals surface area contributed by atoms with E-state index in [2.05, 4.69) is 259 Å². The smallest absolute Gasteiger partial charge is 0.109 e. The summed E-state index contributed by atoms with van der Waals surface area (Å²) in [5.41, 5.74) is 22.8. The van der Waals surface area contributed by atoms with Crippen molar-refractivity contribution >= 4 is 64.2 Å². The van der Waals surface area contributed by atoms with Crippen LogP contribution in [0.15, 0.2) is 255 Å². The lowest BCUT2D eigenvalue weighted by Crippen LogP contribution is -2.28. The number of aromatic nitrogens is 2. The van der Waals surface area contributed by atoms with E-state index in [-0.39, 0.29) is 0 Å². The highest BCUT2D eigenvalue weighted by atomic mass is 32.1. The van der Waals surface area contributed by atoms with Crippen molar-refractivity contribution in [2.45, 2.75) is 10.8 Å². The van der Waals surface area contributed by atoms with Gasteiger partial charge in [-0.15, -0.1) is 11.3 Å². The van der Waals surface area contributed by atoms with Crippen LogP contribution >= 0.6 is 11.3 Å². The lowest BCUT2D eigenvalue weighted by atomic mass is 9.67. The molecular weight excluding hydrogens is 913 g/mol. The fourth-order valence-corrected chi connectivity index (χ4v) is 15.6. The minimum absolute atomic E-state index is 0.439. The normalized spacial score (nSPS) is 14.2. The Labute approximate surface area is 431 Å². The van der Waals surface area contributed by atoms with E-state index in [1.54, 1.807) is 0 Å². The van der Waals surface area contributed by atoms with Crippen LogP contribution in [-0.2, 0) is 10.8 Å². The van der Waals surface area contributed by atoms with Gasteiger partial charge < -0.3 is 4.57 Å². The molecule has 3 heterocycles. The molecule has 0 saturated heterocycles. The Hall–Kier alpha value is -9.15. The largest absolute Gasteiger partial charge is 0.301 e. The van der Waals surface area contributed by atoms with Crippen LogP contribution in [0.2, 0.25) is 0 Å². The van der Waals surface area contributed by atoms with Crippen molar-refractivity contribution < 1.29 is 0 Å². The average Bonchev–Trinajstić information content (AvgIpc) is 4.42. The molecule has 3 aliphatic rings. The number of thiophene rings is 1. The molecule has 3 aromatic heterocycles. The van der Waals surface area contributed by atoms with Crippen molar-refractivity contribution in [1.82, 2.24) is 9.55 Å². The molecule has 0 N–H and O–H groups in total. The van der Waals surface area contributed by atoms with Crippen molar-refractivity contribution in [2.24, 2.45) is 0 Å². The molecule has 0 saturated carbocycles. The van der Waals surface area contributed by atoms with Crippen molar-refractivity contribution in [3.63, 3.8) is 0 Å². The van der Waals surface area contributed by atoms with Gasteiger partial charge in [0.15, 0.2) is 0 Å². The number of hydrogen-bond donors (Lipinski definition) is 0. The van der Waals surface area contributed by atoms with Crippen LogP contribution in [0.5, 0.6) is 0 Å². The predicted octanol–water partition coefficient (Wildman–Crippen LogP) is 18.1. The van der Waals surface area contributed by atoms with Gasteiger partial charge in [0.2, 0.25) is 0 Å². The van der Waals surface area contributed by atoms with Gasteiger partial charge in [-0.3, -0.25) is 0 Å². The maximum atomic E-state index is 5.64. The van der Waals surface area contributed by atoms with Crippen LogP contribution in [-0.4, -0.2) is 9.55 Å². The Morgan fingerprint density at radius 2 is 0.919 bits per heavy atom. The Bertz CT molecular complexity index is 4640. The standard InChI is InChI=1S/C71H42N2S/c1-3-21-44(22-4-1)70(45-23-5-2-6-24-45)56-32-13-9-28-49(56)54-42-63-55(41-61(54)70)66-52-31-12-18-37-64(52)74-69(66)73(63)46-25-19-20-43(40-46)68-53-38-39-60-67(65(53)51-30-11-17-36-62(51)72-68)50-29-10-16-35-59(50)71(60)57-33-14-7-26-47(57)48-27-8-15-34-58(48)71/h1-42H. The van der Waals surface area contributed by atoms with Crippen molar-refractivity contribution in [3.05, 3.63) is 299 Å². The van der Waals surface area contributed by atoms with Crippen LogP contribution in [0.4, 0.5) is 0 Å². The highest BCUT2D eigenvalue weighted by molar-refractivity contribution is 7.25. The highest BCUT2D eigenvalue weighted by Gasteiger charge is 2.52. The molecule has 74 heavy (non-hydrogen) atoms. The number of rotatable bonds is 4. The van der Waals surface area contributed by atoms with Gasteiger partial charge in [-0.05, 0) is 114 Å². The summed E-state index contributed by atoms with van der Waals surface area (Å²) in [6, 6.07) is 95.5. The summed E-state index contributed by atoms with van der Waals surface area (Å²) >= 11 is 1.88. The number of nitrogens with zero attached hydrogens (tertiary/aromatic N) is 2. The molecule has 0 bridgehead atoms. The van der Waals surface area contributed by atoms with E-state index in [1.807, 2.05) is 11.3 Å². The SMILES string of the molecule is c1ccc(C2(c3ccccc3)c3ccccc3-c3cc4c(cc32)c2c3ccccc3sc2n4-c2cccc(-c3nc4ccccc4c4c5c(ccc34)C3(c4ccccc4-c4ccccc43)c3ccccc3-5)c2)cc1. The molecule has 3 heteroatoms. The van der Waals surface area contributed by atoms with Gasteiger partial charge in [-0.25, -0.2) is 4.98 Å². The molecular formula is C71H42N2S. The third kappa shape index (κ3) is 4.97. The number of fused-ring (bicyclic) bond motifs is 22. The second-order valence-electron chi connectivity index (χ2n) is 20.4. The highest BCUT2D eigenvalue weighted by Crippen LogP contribution is 2.65. The summed E-state index contributed by atoms with van der Waals surface area (Å²) in [5.74, 6) is 0. The molecule has 0 amide bonds. The van der Waals surface area contributed by atoms with Gasteiger partial charge in [-0.1, -0.05) is 218 Å². The topological polar surface area (TPSA) is 17.8 Å². The molecule has 14 aromatic rings. The Kier molecular flexibility index (Phi) is 8.05. The molecule has 11 aromatic carbocycles. The third-order valence-electron chi connectivity index (χ3n) is 17.1. The third-order valence-corrected chi connectivity index (χ3v) is 18.2. The number of benzene rings is 11. The first-order valence-electron chi connectivity index (χ1n) is 25.7. The lowest BCUT2D eigenvalue weighted by Gasteiger charge is -2.34. The second-order valence-corrected chi connectivity index (χ2v) is 21.4. The molecule has 0 unspecified atom stereocenters. The van der Waals surface area contributed by atoms with Gasteiger partial charge in [0.1, 0.15) is 4.83 Å². The van der Waals surface area contributed by atoms with E-state index in [1.165, 1.54) is 120 Å². The Balaban J connectivity index is 0.936. The monoisotopic (exact) mass is 954 g/mol. The van der Waals surface area contributed by atoms with Crippen molar-refractivity contribution in [2.75, 3.05) is 0 Å². The fourth-order valence-electron chi connectivity index (χ4n) is 14.3. The molecule has 17 rings (SSSR count). The van der Waals surface area contributed by atoms with Crippen LogP contribution in [0.3, 0.4) is 0 Å². The number of para-hydroxylation sites is 1. The zero-order valence-corrected chi connectivity index (χ0v) is 40.9. The maximum Gasteiger partial charge on any atom is 0.109 e. The van der Waals surface area contributed by atoms with Crippen molar-refractivity contribution in [1.29, 1.82) is 0 Å². The molecule has 0 atom stereocenters. The van der Waals surface area contributed by atoms with E-state index in [4.69, 9.17) is 4.98 Å². The van der Waals surface area contributed by atoms with E-state index in [9.17, 15) is 0 Å². The molecule has 0 fully saturated rings. The summed E-state index contributed by atoms with van der Waals surface area (Å²) in [7, 11) is 0. The first kappa shape index (κ1) is 40.4. The fraction of sp³-hybridized carbons (Fsp3) is 0.0282. The lowest BCUT2D eigenvalue weighted by molar-refractivity contribution is 0.769. The van der Waals surface area contributed by atoms with Gasteiger partial charge in [0, 0.05) is 48.3 Å². The molecule has 1 spiro atoms. The summed E-state index contributed by atoms with van der Waals surface area (Å²) in [6.07, 6.45) is 0. The minimum Gasteiger partial charge on any atom is -0.301 e. The molecule has 2 nitrogen and oxygen atoms in total. The van der Waals surface area contributed by atoms with E-state index < -0.39 is 10.8 Å². The quantitative estimate of drug-likeness (QED) is 0.161. The molecule has 3 aliphatic carbocycles. The number of hydrogen-bond acceptors (Lipinski definition) is 2. The van der Waals surface area contributed by atoms with Crippen LogP contribution in [0.25, 0.3) is 103 Å². The minimum atomic E-state index is -0.503. The van der Waals surface area contributed by atoms with Gasteiger partial charge >= 0.3 is 0 Å². The van der Waals surface area contributed by atoms with Gasteiger partial charge in [-0.2, -0.15) is 0 Å². The molecule has 0 aliphatic heterocycles. The summed E-state index contributed by atoms with van der Waals surface area (Å²) in [4.78, 5) is 6.88. The Morgan fingerprint density at radius 1 is 0.351 bits per heavy atom. The van der Waals surface area contributed by atoms with Gasteiger partial charge in [0.25, 0.3) is 0 Å². The number of pyridine rings is 1. The predicted molar refractivity (Wildman–Crippen MR) is 308 cm³/mol. The first-order valence-corrected chi connectivity index (χ1v) is 26.5. The maximum absolute atomic E-state index is 5.64. The zero-order valence-electron chi connectivity index (χ0n) is 40.1. The summed E-state index contributed by atoms with van der Waals surface area (Å²) in [5, 5.41) is 7.43. The van der Waals surface area contributed by atoms with Crippen LogP contribution < -0.4 is 0 Å². The average molecular weight is 955 g/mol. The van der Waals surface area contributed by atoms with Gasteiger partial charge in [0.05, 0.1) is 27.6 Å². The van der Waals surface area contributed by atoms with Crippen molar-refractivity contribution in [3.8, 4) is 50.3 Å². The first-order chi connectivity index (χ1) is 36.7. The zero-order chi connectivity index (χ0) is 48.3. The van der Waals surface area contributed by atoms with E-state index >= 15 is 0 Å². The molecule has 0 radical (unpaired) electrons. The Morgan fingerprint density at radius 3 is 1.62 bits per heavy atom. The molecule has 342 valence electrons. The van der Waals surface area contributed by atoms with Crippen LogP contribution in [0.1, 0.15) is 44.5 Å². The van der Waals surface area contributed by atoms with Crippen LogP contribution in [0, 0.1) is 0 Å². The van der Waals surface area contributed by atoms with E-state index in [0.717, 1.165) is 27.8 Å².